The first-order valence-electron chi connectivity index (χ1n) is 6.70. The predicted molar refractivity (Wildman–Crippen MR) is 75.3 cm³/mol. The van der Waals surface area contributed by atoms with Crippen molar-refractivity contribution in [2.24, 2.45) is 0 Å². The summed E-state index contributed by atoms with van der Waals surface area (Å²) in [6, 6.07) is 2.64. The van der Waals surface area contributed by atoms with E-state index >= 15 is 0 Å². The predicted octanol–water partition coefficient (Wildman–Crippen LogP) is 4.12. The van der Waals surface area contributed by atoms with E-state index in [9.17, 15) is 4.79 Å². The molecule has 1 aliphatic heterocycles. The molecule has 0 atom stereocenters. The van der Waals surface area contributed by atoms with Crippen molar-refractivity contribution in [2.75, 3.05) is 5.32 Å². The smallest absolute Gasteiger partial charge is 0.312 e. The number of hydrogen-bond acceptors (Lipinski definition) is 2. The highest BCUT2D eigenvalue weighted by Crippen LogP contribution is 2.58. The van der Waals surface area contributed by atoms with Crippen LogP contribution in [0.25, 0.3) is 0 Å². The Morgan fingerprint density at radius 2 is 2.00 bits per heavy atom. The lowest BCUT2D eigenvalue weighted by atomic mass is 10.0. The molecular formula is C14H20N2OS. The zero-order valence-electron chi connectivity index (χ0n) is 11.4. The zero-order valence-corrected chi connectivity index (χ0v) is 12.2. The fraction of sp³-hybridized carbons (Fsp3) is 0.643. The minimum Gasteiger partial charge on any atom is -0.312 e. The third kappa shape index (κ3) is 1.51. The Morgan fingerprint density at radius 1 is 1.33 bits per heavy atom. The molecule has 1 fully saturated rings. The standard InChI is InChI=1S/C14H20N2OS/c1-8(2)11-7-10-12(18-11)15-13(17)16(9(3)4)14(10)5-6-14/h7-9H,5-6H2,1-4H3,(H,15,17). The van der Waals surface area contributed by atoms with Gasteiger partial charge in [0.15, 0.2) is 0 Å². The molecule has 0 saturated heterocycles. The first kappa shape index (κ1) is 12.0. The van der Waals surface area contributed by atoms with E-state index in [1.54, 1.807) is 11.3 Å². The Morgan fingerprint density at radius 3 is 2.50 bits per heavy atom. The summed E-state index contributed by atoms with van der Waals surface area (Å²) in [5, 5.41) is 4.15. The molecule has 0 radical (unpaired) electrons. The second-order valence-electron chi connectivity index (χ2n) is 5.97. The van der Waals surface area contributed by atoms with Crippen LogP contribution in [0.4, 0.5) is 9.80 Å². The number of nitrogens with zero attached hydrogens (tertiary/aromatic N) is 1. The minimum absolute atomic E-state index is 0.00940. The third-order valence-electron chi connectivity index (χ3n) is 3.96. The van der Waals surface area contributed by atoms with Crippen LogP contribution in [-0.4, -0.2) is 17.0 Å². The van der Waals surface area contributed by atoms with Gasteiger partial charge in [0.2, 0.25) is 0 Å². The fourth-order valence-corrected chi connectivity index (χ4v) is 4.12. The Balaban J connectivity index is 2.08. The van der Waals surface area contributed by atoms with Crippen molar-refractivity contribution in [1.82, 2.24) is 4.90 Å². The molecule has 1 spiro atoms. The lowest BCUT2D eigenvalue weighted by molar-refractivity contribution is 0.152. The second-order valence-corrected chi connectivity index (χ2v) is 7.06. The van der Waals surface area contributed by atoms with Crippen molar-refractivity contribution >= 4 is 22.4 Å². The van der Waals surface area contributed by atoms with Crippen molar-refractivity contribution in [3.63, 3.8) is 0 Å². The van der Waals surface area contributed by atoms with Gasteiger partial charge in [-0.25, -0.2) is 4.79 Å². The van der Waals surface area contributed by atoms with Gasteiger partial charge in [-0.3, -0.25) is 5.32 Å². The molecule has 2 aliphatic rings. The van der Waals surface area contributed by atoms with Gasteiger partial charge in [0, 0.05) is 16.5 Å². The normalized spacial score (nSPS) is 20.6. The van der Waals surface area contributed by atoms with Gasteiger partial charge in [-0.2, -0.15) is 0 Å². The van der Waals surface area contributed by atoms with Gasteiger partial charge in [0.1, 0.15) is 5.00 Å². The first-order valence-corrected chi connectivity index (χ1v) is 7.52. The number of urea groups is 1. The molecule has 18 heavy (non-hydrogen) atoms. The highest BCUT2D eigenvalue weighted by Gasteiger charge is 2.56. The molecule has 98 valence electrons. The van der Waals surface area contributed by atoms with Crippen LogP contribution in [0.3, 0.4) is 0 Å². The lowest BCUT2D eigenvalue weighted by Crippen LogP contribution is -2.50. The molecule has 0 bridgehead atoms. The summed E-state index contributed by atoms with van der Waals surface area (Å²) in [6.07, 6.45) is 2.22. The van der Waals surface area contributed by atoms with Crippen LogP contribution in [0.1, 0.15) is 56.9 Å². The number of nitrogens with one attached hydrogen (secondary N) is 1. The summed E-state index contributed by atoms with van der Waals surface area (Å²) in [4.78, 5) is 15.7. The van der Waals surface area contributed by atoms with Gasteiger partial charge >= 0.3 is 6.03 Å². The summed E-state index contributed by atoms with van der Waals surface area (Å²) in [6.45, 7) is 8.61. The molecule has 1 N–H and O–H groups in total. The van der Waals surface area contributed by atoms with E-state index in [1.807, 2.05) is 4.90 Å². The lowest BCUT2D eigenvalue weighted by Gasteiger charge is -2.39. The van der Waals surface area contributed by atoms with Gasteiger partial charge in [0.25, 0.3) is 0 Å². The van der Waals surface area contributed by atoms with Crippen LogP contribution >= 0.6 is 11.3 Å². The van der Waals surface area contributed by atoms with E-state index in [0.29, 0.717) is 5.92 Å². The molecule has 0 aromatic carbocycles. The highest BCUT2D eigenvalue weighted by molar-refractivity contribution is 7.16. The topological polar surface area (TPSA) is 32.3 Å². The first-order chi connectivity index (χ1) is 8.45. The summed E-state index contributed by atoms with van der Waals surface area (Å²) in [5.41, 5.74) is 1.36. The maximum atomic E-state index is 12.3. The van der Waals surface area contributed by atoms with Gasteiger partial charge in [-0.1, -0.05) is 13.8 Å². The monoisotopic (exact) mass is 264 g/mol. The Bertz CT molecular complexity index is 500. The molecule has 1 saturated carbocycles. The minimum atomic E-state index is 0.00940. The average molecular weight is 264 g/mol. The number of carbonyl (C=O) groups is 1. The maximum Gasteiger partial charge on any atom is 0.323 e. The van der Waals surface area contributed by atoms with Crippen molar-refractivity contribution in [2.45, 2.75) is 58.0 Å². The van der Waals surface area contributed by atoms with Gasteiger partial charge in [-0.15, -0.1) is 11.3 Å². The third-order valence-corrected chi connectivity index (χ3v) is 5.31. The van der Waals surface area contributed by atoms with Crippen LogP contribution in [0, 0.1) is 0 Å². The van der Waals surface area contributed by atoms with Gasteiger partial charge in [-0.05, 0) is 38.7 Å². The van der Waals surface area contributed by atoms with Crippen LogP contribution in [0.15, 0.2) is 6.07 Å². The molecule has 4 heteroatoms. The van der Waals surface area contributed by atoms with Crippen molar-refractivity contribution in [3.05, 3.63) is 16.5 Å². The number of amides is 2. The van der Waals surface area contributed by atoms with E-state index in [2.05, 4.69) is 39.1 Å². The second kappa shape index (κ2) is 3.73. The molecule has 1 aromatic heterocycles. The van der Waals surface area contributed by atoms with E-state index < -0.39 is 0 Å². The Labute approximate surface area is 112 Å². The summed E-state index contributed by atoms with van der Waals surface area (Å²) in [7, 11) is 0. The molecule has 3 nitrogen and oxygen atoms in total. The number of rotatable bonds is 2. The zero-order chi connectivity index (χ0) is 13.1. The quantitative estimate of drug-likeness (QED) is 0.856. The molecule has 2 amide bonds. The summed E-state index contributed by atoms with van der Waals surface area (Å²) >= 11 is 1.74. The fourth-order valence-electron chi connectivity index (χ4n) is 2.97. The highest BCUT2D eigenvalue weighted by atomic mass is 32.1. The summed E-state index contributed by atoms with van der Waals surface area (Å²) in [5.74, 6) is 0.529. The van der Waals surface area contributed by atoms with E-state index in [4.69, 9.17) is 0 Å². The van der Waals surface area contributed by atoms with E-state index in [0.717, 1.165) is 17.8 Å². The van der Waals surface area contributed by atoms with Gasteiger partial charge in [0.05, 0.1) is 5.54 Å². The van der Waals surface area contributed by atoms with E-state index in [-0.39, 0.29) is 17.6 Å². The summed E-state index contributed by atoms with van der Waals surface area (Å²) < 4.78 is 0. The number of thiophene rings is 1. The molecule has 1 aliphatic carbocycles. The number of anilines is 1. The van der Waals surface area contributed by atoms with Crippen LogP contribution < -0.4 is 5.32 Å². The van der Waals surface area contributed by atoms with Crippen LogP contribution in [0.5, 0.6) is 0 Å². The molecule has 3 rings (SSSR count). The molecular weight excluding hydrogens is 244 g/mol. The van der Waals surface area contributed by atoms with Crippen molar-refractivity contribution in [3.8, 4) is 0 Å². The van der Waals surface area contributed by atoms with Crippen LogP contribution in [-0.2, 0) is 5.54 Å². The van der Waals surface area contributed by atoms with Crippen LogP contribution in [0.2, 0.25) is 0 Å². The average Bonchev–Trinajstić information content (AvgIpc) is 2.89. The largest absolute Gasteiger partial charge is 0.323 e. The number of hydrogen-bond donors (Lipinski definition) is 1. The molecule has 2 heterocycles. The number of carbonyl (C=O) groups excluding carboxylic acids is 1. The molecule has 1 aromatic rings. The van der Waals surface area contributed by atoms with E-state index in [1.165, 1.54) is 10.4 Å². The Hall–Kier alpha value is -1.03. The van der Waals surface area contributed by atoms with Gasteiger partial charge < -0.3 is 4.90 Å². The Kier molecular flexibility index (Phi) is 2.49. The van der Waals surface area contributed by atoms with Crippen molar-refractivity contribution in [1.29, 1.82) is 0 Å². The maximum absolute atomic E-state index is 12.3. The SMILES string of the molecule is CC(C)c1cc2c(s1)NC(=O)N(C(C)C)C21CC1. The number of fused-ring (bicyclic) bond motifs is 2. The molecule has 0 unspecified atom stereocenters. The van der Waals surface area contributed by atoms with Crippen molar-refractivity contribution < 1.29 is 4.79 Å².